The van der Waals surface area contributed by atoms with Crippen LogP contribution in [0.15, 0.2) is 34.6 Å². The van der Waals surface area contributed by atoms with Crippen molar-refractivity contribution in [1.82, 2.24) is 15.6 Å². The van der Waals surface area contributed by atoms with Gasteiger partial charge in [0.15, 0.2) is 5.96 Å². The lowest BCUT2D eigenvalue weighted by Crippen LogP contribution is -2.44. The molecule has 0 spiro atoms. The maximum absolute atomic E-state index is 6.10. The summed E-state index contributed by atoms with van der Waals surface area (Å²) >= 11 is 7.81. The highest BCUT2D eigenvalue weighted by molar-refractivity contribution is 7.09. The smallest absolute Gasteiger partial charge is 0.191 e. The van der Waals surface area contributed by atoms with Crippen molar-refractivity contribution in [2.24, 2.45) is 4.99 Å². The van der Waals surface area contributed by atoms with Gasteiger partial charge in [0.1, 0.15) is 0 Å². The monoisotopic (exact) mass is 377 g/mol. The average molecular weight is 378 g/mol. The predicted molar refractivity (Wildman–Crippen MR) is 107 cm³/mol. The van der Waals surface area contributed by atoms with Gasteiger partial charge in [0.25, 0.3) is 0 Å². The van der Waals surface area contributed by atoms with E-state index in [-0.39, 0.29) is 0 Å². The summed E-state index contributed by atoms with van der Waals surface area (Å²) < 4.78 is 0. The van der Waals surface area contributed by atoms with Crippen LogP contribution in [0.3, 0.4) is 0 Å². The molecular formula is C18H24ClN5S. The summed E-state index contributed by atoms with van der Waals surface area (Å²) in [6.07, 6.45) is 2.06. The van der Waals surface area contributed by atoms with Crippen LogP contribution in [-0.2, 0) is 13.0 Å². The molecule has 0 aliphatic carbocycles. The third kappa shape index (κ3) is 4.86. The van der Waals surface area contributed by atoms with E-state index in [1.165, 1.54) is 10.7 Å². The maximum Gasteiger partial charge on any atom is 0.191 e. The van der Waals surface area contributed by atoms with Crippen LogP contribution in [0.1, 0.15) is 24.0 Å². The summed E-state index contributed by atoms with van der Waals surface area (Å²) in [6.45, 7) is 4.78. The normalized spacial score (nSPS) is 17.8. The molecule has 5 nitrogen and oxygen atoms in total. The number of thiazole rings is 1. The first-order valence-electron chi connectivity index (χ1n) is 8.59. The quantitative estimate of drug-likeness (QED) is 0.620. The minimum atomic E-state index is 0.367. The number of aliphatic imine (C=N–C) groups is 1. The SMILES string of the molecule is CCc1nc(CNC(=NC)NC2CCN(c3cccc(Cl)c3)C2)cs1. The summed E-state index contributed by atoms with van der Waals surface area (Å²) in [4.78, 5) is 11.3. The topological polar surface area (TPSA) is 52.6 Å². The predicted octanol–water partition coefficient (Wildman–Crippen LogP) is 3.30. The van der Waals surface area contributed by atoms with E-state index in [1.54, 1.807) is 18.4 Å². The van der Waals surface area contributed by atoms with E-state index in [4.69, 9.17) is 11.6 Å². The second-order valence-corrected chi connectivity index (χ2v) is 7.45. The largest absolute Gasteiger partial charge is 0.369 e. The number of nitrogens with one attached hydrogen (secondary N) is 2. The van der Waals surface area contributed by atoms with Crippen LogP contribution in [-0.4, -0.2) is 37.1 Å². The minimum absolute atomic E-state index is 0.367. The van der Waals surface area contributed by atoms with Crippen molar-refractivity contribution in [3.05, 3.63) is 45.4 Å². The summed E-state index contributed by atoms with van der Waals surface area (Å²) in [7, 11) is 1.80. The Morgan fingerprint density at radius 1 is 1.48 bits per heavy atom. The zero-order valence-electron chi connectivity index (χ0n) is 14.6. The molecule has 1 saturated heterocycles. The van der Waals surface area contributed by atoms with Crippen molar-refractivity contribution in [3.8, 4) is 0 Å². The Morgan fingerprint density at radius 2 is 2.36 bits per heavy atom. The van der Waals surface area contributed by atoms with Gasteiger partial charge in [0.2, 0.25) is 0 Å². The third-order valence-electron chi connectivity index (χ3n) is 4.26. The number of benzene rings is 1. The standard InChI is InChI=1S/C18H24ClN5S/c1-3-17-22-15(12-25-17)10-21-18(20-2)23-14-7-8-24(11-14)16-6-4-5-13(19)9-16/h4-6,9,12,14H,3,7-8,10-11H2,1-2H3,(H2,20,21,23). The van der Waals surface area contributed by atoms with Crippen LogP contribution in [0.2, 0.25) is 5.02 Å². The molecule has 0 bridgehead atoms. The Labute approximate surface area is 158 Å². The Bertz CT molecular complexity index is 730. The number of nitrogens with zero attached hydrogens (tertiary/aromatic N) is 3. The summed E-state index contributed by atoms with van der Waals surface area (Å²) in [5, 5.41) is 10.9. The first-order valence-corrected chi connectivity index (χ1v) is 9.84. The molecule has 3 rings (SSSR count). The molecule has 7 heteroatoms. The van der Waals surface area contributed by atoms with E-state index in [1.807, 2.05) is 18.2 Å². The second kappa shape index (κ2) is 8.54. The van der Waals surface area contributed by atoms with E-state index in [9.17, 15) is 0 Å². The molecule has 134 valence electrons. The van der Waals surface area contributed by atoms with Crippen LogP contribution in [0.25, 0.3) is 0 Å². The Hall–Kier alpha value is -1.79. The molecule has 1 aliphatic heterocycles. The van der Waals surface area contributed by atoms with Gasteiger partial charge in [-0.05, 0) is 31.0 Å². The van der Waals surface area contributed by atoms with Gasteiger partial charge in [-0.3, -0.25) is 4.99 Å². The molecule has 2 aromatic rings. The van der Waals surface area contributed by atoms with Crippen LogP contribution in [0, 0.1) is 0 Å². The summed E-state index contributed by atoms with van der Waals surface area (Å²) in [6, 6.07) is 8.40. The van der Waals surface area contributed by atoms with Gasteiger partial charge in [-0.1, -0.05) is 24.6 Å². The van der Waals surface area contributed by atoms with E-state index in [0.717, 1.165) is 42.6 Å². The van der Waals surface area contributed by atoms with Crippen molar-refractivity contribution < 1.29 is 0 Å². The Morgan fingerprint density at radius 3 is 3.08 bits per heavy atom. The molecule has 2 heterocycles. The van der Waals surface area contributed by atoms with E-state index < -0.39 is 0 Å². The van der Waals surface area contributed by atoms with Gasteiger partial charge in [-0.25, -0.2) is 4.98 Å². The van der Waals surface area contributed by atoms with Crippen LogP contribution in [0.5, 0.6) is 0 Å². The van der Waals surface area contributed by atoms with Gasteiger partial charge >= 0.3 is 0 Å². The first kappa shape index (κ1) is 18.0. The van der Waals surface area contributed by atoms with E-state index >= 15 is 0 Å². The highest BCUT2D eigenvalue weighted by Gasteiger charge is 2.23. The van der Waals surface area contributed by atoms with Gasteiger partial charge < -0.3 is 15.5 Å². The number of rotatable bonds is 5. The van der Waals surface area contributed by atoms with Crippen LogP contribution in [0.4, 0.5) is 5.69 Å². The van der Waals surface area contributed by atoms with Crippen LogP contribution >= 0.6 is 22.9 Å². The van der Waals surface area contributed by atoms with Gasteiger partial charge in [0.05, 0.1) is 17.2 Å². The highest BCUT2D eigenvalue weighted by atomic mass is 35.5. The average Bonchev–Trinajstić information content (AvgIpc) is 3.28. The minimum Gasteiger partial charge on any atom is -0.369 e. The molecule has 1 aromatic heterocycles. The molecule has 0 radical (unpaired) electrons. The number of guanidine groups is 1. The fraction of sp³-hybridized carbons (Fsp3) is 0.444. The van der Waals surface area contributed by atoms with Crippen molar-refractivity contribution >= 4 is 34.6 Å². The first-order chi connectivity index (χ1) is 12.2. The second-order valence-electron chi connectivity index (χ2n) is 6.07. The fourth-order valence-corrected chi connectivity index (χ4v) is 3.87. The number of anilines is 1. The van der Waals surface area contributed by atoms with E-state index in [0.29, 0.717) is 12.6 Å². The van der Waals surface area contributed by atoms with Crippen molar-refractivity contribution in [2.45, 2.75) is 32.4 Å². The maximum atomic E-state index is 6.10. The van der Waals surface area contributed by atoms with Crippen molar-refractivity contribution in [1.29, 1.82) is 0 Å². The number of aromatic nitrogens is 1. The Kier molecular flexibility index (Phi) is 6.15. The highest BCUT2D eigenvalue weighted by Crippen LogP contribution is 2.23. The molecular weight excluding hydrogens is 354 g/mol. The Balaban J connectivity index is 1.51. The number of hydrogen-bond donors (Lipinski definition) is 2. The molecule has 1 atom stereocenters. The molecule has 1 aromatic carbocycles. The number of halogens is 1. The summed E-state index contributed by atoms with van der Waals surface area (Å²) in [5.41, 5.74) is 2.24. The van der Waals surface area contributed by atoms with Crippen LogP contribution < -0.4 is 15.5 Å². The molecule has 1 fully saturated rings. The third-order valence-corrected chi connectivity index (χ3v) is 5.54. The molecule has 2 N–H and O–H groups in total. The van der Waals surface area contributed by atoms with Gasteiger partial charge in [-0.15, -0.1) is 11.3 Å². The van der Waals surface area contributed by atoms with E-state index in [2.05, 4.69) is 43.9 Å². The van der Waals surface area contributed by atoms with Gasteiger partial charge in [-0.2, -0.15) is 0 Å². The molecule has 25 heavy (non-hydrogen) atoms. The molecule has 0 amide bonds. The zero-order valence-corrected chi connectivity index (χ0v) is 16.2. The number of aryl methyl sites for hydroxylation is 1. The molecule has 0 saturated carbocycles. The lowest BCUT2D eigenvalue weighted by Gasteiger charge is -2.20. The fourth-order valence-electron chi connectivity index (χ4n) is 2.94. The summed E-state index contributed by atoms with van der Waals surface area (Å²) in [5.74, 6) is 0.823. The van der Waals surface area contributed by atoms with Gasteiger partial charge in [0, 0.05) is 42.3 Å². The lowest BCUT2D eigenvalue weighted by molar-refractivity contribution is 0.647. The zero-order chi connectivity index (χ0) is 17.6. The molecule has 1 aliphatic rings. The van der Waals surface area contributed by atoms with Crippen molar-refractivity contribution in [3.63, 3.8) is 0 Å². The number of hydrogen-bond acceptors (Lipinski definition) is 4. The lowest BCUT2D eigenvalue weighted by atomic mass is 10.2. The molecule has 1 unspecified atom stereocenters. The van der Waals surface area contributed by atoms with Crippen molar-refractivity contribution in [2.75, 3.05) is 25.0 Å².